The fourth-order valence-corrected chi connectivity index (χ4v) is 2.50. The molecule has 4 nitrogen and oxygen atoms in total. The van der Waals surface area contributed by atoms with E-state index in [9.17, 15) is 22.4 Å². The fraction of sp³-hybridized carbons (Fsp3) is 0.118. The lowest BCUT2D eigenvalue weighted by molar-refractivity contribution is -0.116. The van der Waals surface area contributed by atoms with E-state index < -0.39 is 47.2 Å². The Morgan fingerprint density at radius 1 is 1.04 bits per heavy atom. The van der Waals surface area contributed by atoms with E-state index in [1.165, 1.54) is 6.20 Å². The first-order chi connectivity index (χ1) is 12.4. The summed E-state index contributed by atoms with van der Waals surface area (Å²) in [5.74, 6) is -7.82. The van der Waals surface area contributed by atoms with Gasteiger partial charge in [-0.05, 0) is 12.1 Å². The molecule has 0 saturated heterocycles. The summed E-state index contributed by atoms with van der Waals surface area (Å²) in [4.78, 5) is 21.3. The van der Waals surface area contributed by atoms with Gasteiger partial charge in [0, 0.05) is 11.6 Å². The minimum atomic E-state index is -1.83. The maximum absolute atomic E-state index is 14.0. The minimum absolute atomic E-state index is 0.0297. The van der Waals surface area contributed by atoms with Crippen molar-refractivity contribution in [3.05, 3.63) is 65.4 Å². The van der Waals surface area contributed by atoms with Crippen LogP contribution in [0.2, 0.25) is 0 Å². The number of carbonyl (C=O) groups is 1. The summed E-state index contributed by atoms with van der Waals surface area (Å²) < 4.78 is 54.4. The van der Waals surface area contributed by atoms with E-state index >= 15 is 0 Å². The van der Waals surface area contributed by atoms with Crippen molar-refractivity contribution in [2.24, 2.45) is 0 Å². The summed E-state index contributed by atoms with van der Waals surface area (Å²) in [6, 6.07) is 6.97. The minimum Gasteiger partial charge on any atom is -0.290 e. The van der Waals surface area contributed by atoms with Gasteiger partial charge in [0.05, 0.1) is 23.8 Å². The number of carbonyl (C=O) groups excluding carboxylic acids is 1. The van der Waals surface area contributed by atoms with Crippen LogP contribution in [-0.4, -0.2) is 21.8 Å². The number of para-hydroxylation sites is 2. The predicted molar refractivity (Wildman–Crippen MR) is 87.7 cm³/mol. The molecule has 0 aliphatic heterocycles. The highest BCUT2D eigenvalue weighted by Crippen LogP contribution is 2.24. The lowest BCUT2D eigenvalue weighted by Crippen LogP contribution is -2.33. The molecule has 0 bridgehead atoms. The molecule has 0 fully saturated rings. The number of benzene rings is 2. The largest absolute Gasteiger partial charge is 0.290 e. The maximum Gasteiger partial charge on any atom is 0.243 e. The second-order valence-electron chi connectivity index (χ2n) is 5.28. The predicted octanol–water partition coefficient (Wildman–Crippen LogP) is 3.96. The van der Waals surface area contributed by atoms with Crippen LogP contribution in [0.15, 0.2) is 36.5 Å². The normalized spacial score (nSPS) is 11.0. The highest BCUT2D eigenvalue weighted by atomic mass is 35.5. The zero-order valence-corrected chi connectivity index (χ0v) is 13.8. The number of hydrogen-bond donors (Lipinski definition) is 0. The van der Waals surface area contributed by atoms with Crippen LogP contribution in [0.3, 0.4) is 0 Å². The second-order valence-corrected chi connectivity index (χ2v) is 5.54. The smallest absolute Gasteiger partial charge is 0.243 e. The van der Waals surface area contributed by atoms with Gasteiger partial charge in [0.1, 0.15) is 11.7 Å². The van der Waals surface area contributed by atoms with Crippen molar-refractivity contribution in [2.75, 3.05) is 10.8 Å². The Morgan fingerprint density at radius 2 is 1.73 bits per heavy atom. The fourth-order valence-electron chi connectivity index (χ4n) is 2.35. The van der Waals surface area contributed by atoms with Crippen molar-refractivity contribution in [1.29, 1.82) is 0 Å². The molecule has 1 amide bonds. The van der Waals surface area contributed by atoms with Crippen LogP contribution in [0, 0.1) is 23.3 Å². The Bertz CT molecular complexity index is 999. The summed E-state index contributed by atoms with van der Waals surface area (Å²) in [6.07, 6.45) is 1.22. The molecule has 0 aliphatic rings. The van der Waals surface area contributed by atoms with Crippen LogP contribution in [0.5, 0.6) is 0 Å². The molecular weight excluding hydrogens is 374 g/mol. The number of anilines is 1. The van der Waals surface area contributed by atoms with Gasteiger partial charge in [-0.25, -0.2) is 22.5 Å². The molecule has 3 rings (SSSR count). The monoisotopic (exact) mass is 383 g/mol. The summed E-state index contributed by atoms with van der Waals surface area (Å²) in [5, 5.41) is 0. The molecule has 0 saturated carbocycles. The second kappa shape index (κ2) is 7.25. The standard InChI is InChI=1S/C17H10ClF4N3O/c18-6-15(26)25(8-9-10(19)5-11(20)17(22)16(9)21)14-7-23-12-3-1-2-4-13(12)24-14/h1-5,7H,6,8H2. The van der Waals surface area contributed by atoms with E-state index in [0.717, 1.165) is 4.90 Å². The number of rotatable bonds is 4. The van der Waals surface area contributed by atoms with Crippen LogP contribution >= 0.6 is 11.6 Å². The van der Waals surface area contributed by atoms with Gasteiger partial charge in [-0.15, -0.1) is 11.6 Å². The molecule has 9 heteroatoms. The van der Waals surface area contributed by atoms with Crippen LogP contribution in [0.4, 0.5) is 23.4 Å². The molecule has 0 N–H and O–H groups in total. The van der Waals surface area contributed by atoms with Gasteiger partial charge in [0.15, 0.2) is 23.3 Å². The number of aromatic nitrogens is 2. The Kier molecular flexibility index (Phi) is 5.03. The van der Waals surface area contributed by atoms with E-state index in [1.807, 2.05) is 0 Å². The van der Waals surface area contributed by atoms with Crippen LogP contribution < -0.4 is 4.90 Å². The molecule has 1 aromatic heterocycles. The van der Waals surface area contributed by atoms with Gasteiger partial charge in [-0.2, -0.15) is 0 Å². The summed E-state index contributed by atoms with van der Waals surface area (Å²) in [5.41, 5.74) is 0.153. The third-order valence-corrected chi connectivity index (χ3v) is 3.88. The number of amides is 1. The summed E-state index contributed by atoms with van der Waals surface area (Å²) >= 11 is 5.56. The van der Waals surface area contributed by atoms with Gasteiger partial charge >= 0.3 is 0 Å². The van der Waals surface area contributed by atoms with E-state index in [2.05, 4.69) is 9.97 Å². The third kappa shape index (κ3) is 3.32. The first-order valence-electron chi connectivity index (χ1n) is 7.32. The topological polar surface area (TPSA) is 46.1 Å². The third-order valence-electron chi connectivity index (χ3n) is 3.65. The number of fused-ring (bicyclic) bond motifs is 1. The molecule has 1 heterocycles. The maximum atomic E-state index is 14.0. The quantitative estimate of drug-likeness (QED) is 0.296. The zero-order valence-electron chi connectivity index (χ0n) is 13.0. The van der Waals surface area contributed by atoms with Crippen LogP contribution in [0.25, 0.3) is 11.0 Å². The first kappa shape index (κ1) is 18.1. The van der Waals surface area contributed by atoms with Crippen LogP contribution in [-0.2, 0) is 11.3 Å². The van der Waals surface area contributed by atoms with Crippen molar-refractivity contribution in [3.63, 3.8) is 0 Å². The van der Waals surface area contributed by atoms with E-state index in [4.69, 9.17) is 11.6 Å². The van der Waals surface area contributed by atoms with Gasteiger partial charge in [0.25, 0.3) is 0 Å². The molecule has 0 aliphatic carbocycles. The van der Waals surface area contributed by atoms with Crippen molar-refractivity contribution in [2.45, 2.75) is 6.54 Å². The van der Waals surface area contributed by atoms with E-state index in [0.29, 0.717) is 11.0 Å². The average molecular weight is 384 g/mol. The Balaban J connectivity index is 2.07. The SMILES string of the molecule is O=C(CCl)N(Cc1c(F)cc(F)c(F)c1F)c1cnc2ccccc2n1. The van der Waals surface area contributed by atoms with Gasteiger partial charge in [0.2, 0.25) is 5.91 Å². The van der Waals surface area contributed by atoms with Crippen LogP contribution in [0.1, 0.15) is 5.56 Å². The number of nitrogens with zero attached hydrogens (tertiary/aromatic N) is 3. The van der Waals surface area contributed by atoms with Gasteiger partial charge in [-0.3, -0.25) is 14.7 Å². The van der Waals surface area contributed by atoms with Crippen molar-refractivity contribution >= 4 is 34.4 Å². The van der Waals surface area contributed by atoms with Crippen molar-refractivity contribution in [3.8, 4) is 0 Å². The first-order valence-corrected chi connectivity index (χ1v) is 7.85. The molecule has 134 valence electrons. The van der Waals surface area contributed by atoms with Crippen molar-refractivity contribution in [1.82, 2.24) is 9.97 Å². The summed E-state index contributed by atoms with van der Waals surface area (Å²) in [7, 11) is 0. The highest BCUT2D eigenvalue weighted by molar-refractivity contribution is 6.29. The Morgan fingerprint density at radius 3 is 2.42 bits per heavy atom. The molecule has 26 heavy (non-hydrogen) atoms. The molecule has 0 radical (unpaired) electrons. The van der Waals surface area contributed by atoms with Gasteiger partial charge in [-0.1, -0.05) is 12.1 Å². The molecular formula is C17H10ClF4N3O. The number of halogens is 5. The van der Waals surface area contributed by atoms with Gasteiger partial charge < -0.3 is 0 Å². The molecule has 0 atom stereocenters. The summed E-state index contributed by atoms with van der Waals surface area (Å²) in [6.45, 7) is -0.729. The molecule has 0 spiro atoms. The molecule has 2 aromatic carbocycles. The lowest BCUT2D eigenvalue weighted by atomic mass is 10.1. The average Bonchev–Trinajstić information content (AvgIpc) is 2.65. The number of alkyl halides is 1. The Labute approximate surface area is 150 Å². The van der Waals surface area contributed by atoms with Crippen molar-refractivity contribution < 1.29 is 22.4 Å². The zero-order chi connectivity index (χ0) is 18.8. The van der Waals surface area contributed by atoms with E-state index in [1.54, 1.807) is 24.3 Å². The number of hydrogen-bond acceptors (Lipinski definition) is 3. The highest BCUT2D eigenvalue weighted by Gasteiger charge is 2.25. The van der Waals surface area contributed by atoms with E-state index in [-0.39, 0.29) is 11.9 Å². The Hall–Kier alpha value is -2.74. The molecule has 0 unspecified atom stereocenters. The lowest BCUT2D eigenvalue weighted by Gasteiger charge is -2.21. The molecule has 3 aromatic rings.